The lowest BCUT2D eigenvalue weighted by Gasteiger charge is -2.24. The maximum atomic E-state index is 11.1. The van der Waals surface area contributed by atoms with Crippen LogP contribution < -0.4 is 0 Å². The molecule has 0 aliphatic heterocycles. The Morgan fingerprint density at radius 3 is 1.50 bits per heavy atom. The largest absolute Gasteiger partial charge is 0.504 e. The van der Waals surface area contributed by atoms with E-state index in [-0.39, 0.29) is 0 Å². The number of rotatable bonds is 10. The molecule has 8 heteroatoms. The van der Waals surface area contributed by atoms with Crippen LogP contribution in [-0.2, 0) is 39.4 Å². The van der Waals surface area contributed by atoms with Gasteiger partial charge in [-0.2, -0.15) is 0 Å². The Morgan fingerprint density at radius 1 is 0.773 bits per heavy atom. The van der Waals surface area contributed by atoms with Crippen LogP contribution >= 0.6 is 0 Å². The van der Waals surface area contributed by atoms with E-state index in [1.54, 1.807) is 21.3 Å². The molecule has 0 fully saturated rings. The average molecular weight is 342 g/mol. The van der Waals surface area contributed by atoms with Gasteiger partial charge in [0.15, 0.2) is 0 Å². The van der Waals surface area contributed by atoms with Gasteiger partial charge < -0.3 is 27.3 Å². The molecule has 0 saturated heterocycles. The summed E-state index contributed by atoms with van der Waals surface area (Å²) >= 11 is 0. The van der Waals surface area contributed by atoms with Crippen molar-refractivity contribution >= 4 is 28.9 Å². The lowest BCUT2D eigenvalue weighted by Crippen LogP contribution is -2.45. The molecule has 6 nitrogen and oxygen atoms in total. The van der Waals surface area contributed by atoms with Gasteiger partial charge in [-0.1, -0.05) is 24.3 Å². The molecule has 0 amide bonds. The quantitative estimate of drug-likeness (QED) is 0.464. The van der Waals surface area contributed by atoms with E-state index in [2.05, 4.69) is 0 Å². The standard InChI is InChI=1S/C14H22O6Si2/c1-17-21(11-15,12-16)9-13-5-7-14(8-6-13)10-22(18-2,19-3)20-4/h5-8,11-12H,9-10H2,1-4H3. The van der Waals surface area contributed by atoms with Gasteiger partial charge in [0.05, 0.1) is 0 Å². The predicted molar refractivity (Wildman–Crippen MR) is 86.9 cm³/mol. The van der Waals surface area contributed by atoms with E-state index in [0.717, 1.165) is 11.1 Å². The van der Waals surface area contributed by atoms with Gasteiger partial charge in [-0.05, 0) is 11.1 Å². The molecule has 1 rings (SSSR count). The Hall–Kier alpha value is -1.17. The highest BCUT2D eigenvalue weighted by Gasteiger charge is 2.38. The first-order valence-electron chi connectivity index (χ1n) is 6.73. The monoisotopic (exact) mass is 342 g/mol. The molecule has 0 N–H and O–H groups in total. The highest BCUT2D eigenvalue weighted by atomic mass is 28.4. The first-order valence-corrected chi connectivity index (χ1v) is 10.9. The molecule has 122 valence electrons. The molecule has 0 unspecified atom stereocenters. The van der Waals surface area contributed by atoms with Crippen molar-refractivity contribution in [3.05, 3.63) is 35.4 Å². The molecule has 1 aromatic rings. The van der Waals surface area contributed by atoms with Gasteiger partial charge in [0.1, 0.15) is 11.8 Å². The van der Waals surface area contributed by atoms with Gasteiger partial charge in [-0.3, -0.25) is 0 Å². The Labute approximate surface area is 132 Å². The minimum Gasteiger partial charge on any atom is -0.408 e. The fourth-order valence-corrected chi connectivity index (χ4v) is 5.19. The van der Waals surface area contributed by atoms with Crippen LogP contribution in [0.15, 0.2) is 24.3 Å². The summed E-state index contributed by atoms with van der Waals surface area (Å²) in [6.45, 7) is 0. The Kier molecular flexibility index (Phi) is 7.26. The zero-order chi connectivity index (χ0) is 16.6. The van der Waals surface area contributed by atoms with Crippen molar-refractivity contribution in [2.75, 3.05) is 28.4 Å². The molecule has 0 aliphatic rings. The molecule has 0 spiro atoms. The zero-order valence-electron chi connectivity index (χ0n) is 13.3. The Balaban J connectivity index is 2.87. The third-order valence-electron chi connectivity index (χ3n) is 3.64. The smallest absolute Gasteiger partial charge is 0.408 e. The Bertz CT molecular complexity index is 470. The van der Waals surface area contributed by atoms with Crippen LogP contribution in [0.4, 0.5) is 0 Å². The van der Waals surface area contributed by atoms with E-state index in [4.69, 9.17) is 17.7 Å². The van der Waals surface area contributed by atoms with E-state index in [9.17, 15) is 9.59 Å². The first kappa shape index (κ1) is 18.9. The molecule has 0 aromatic heterocycles. The Morgan fingerprint density at radius 2 is 1.18 bits per heavy atom. The second-order valence-electron chi connectivity index (χ2n) is 4.86. The molecular weight excluding hydrogens is 320 g/mol. The van der Waals surface area contributed by atoms with Gasteiger partial charge in [0.2, 0.25) is 0 Å². The van der Waals surface area contributed by atoms with Crippen molar-refractivity contribution in [1.82, 2.24) is 0 Å². The van der Waals surface area contributed by atoms with Crippen LogP contribution in [0.3, 0.4) is 0 Å². The van der Waals surface area contributed by atoms with Crippen LogP contribution in [0.5, 0.6) is 0 Å². The van der Waals surface area contributed by atoms with E-state index in [1.807, 2.05) is 24.3 Å². The van der Waals surface area contributed by atoms with Gasteiger partial charge in [-0.15, -0.1) is 0 Å². The molecule has 1 aromatic carbocycles. The fraction of sp³-hybridized carbons (Fsp3) is 0.429. The third kappa shape index (κ3) is 4.42. The summed E-state index contributed by atoms with van der Waals surface area (Å²) in [6, 6.07) is 8.47. The normalized spacial score (nSPS) is 12.2. The van der Waals surface area contributed by atoms with E-state index >= 15 is 0 Å². The maximum Gasteiger partial charge on any atom is 0.504 e. The number of benzene rings is 1. The molecular formula is C14H22O6Si2. The summed E-state index contributed by atoms with van der Waals surface area (Å²) < 4.78 is 21.3. The SMILES string of the molecule is CO[Si](C=O)(C=O)Cc1ccc(C[Si](OC)(OC)OC)cc1. The summed E-state index contributed by atoms with van der Waals surface area (Å²) in [5, 5.41) is 0. The van der Waals surface area contributed by atoms with Crippen LogP contribution in [0.2, 0.25) is 0 Å². The first-order chi connectivity index (χ1) is 10.5. The van der Waals surface area contributed by atoms with Crippen LogP contribution in [0, 0.1) is 0 Å². The molecule has 0 radical (unpaired) electrons. The van der Waals surface area contributed by atoms with Crippen LogP contribution in [0.1, 0.15) is 11.1 Å². The number of hydrogen-bond donors (Lipinski definition) is 0. The van der Waals surface area contributed by atoms with Crippen LogP contribution in [0.25, 0.3) is 0 Å². The number of carbonyl (C=O) groups excluding carboxylic acids is 2. The molecule has 0 heterocycles. The predicted octanol–water partition coefficient (Wildman–Crippen LogP) is 0.864. The number of hydrogen-bond acceptors (Lipinski definition) is 6. The van der Waals surface area contributed by atoms with E-state index in [0.29, 0.717) is 23.9 Å². The van der Waals surface area contributed by atoms with Crippen LogP contribution in [-0.4, -0.2) is 57.4 Å². The topological polar surface area (TPSA) is 71.1 Å². The summed E-state index contributed by atoms with van der Waals surface area (Å²) in [5.41, 5.74) is 1.89. The molecule has 0 bridgehead atoms. The summed E-state index contributed by atoms with van der Waals surface area (Å²) in [7, 11) is 0.470. The van der Waals surface area contributed by atoms with Crippen molar-refractivity contribution in [3.63, 3.8) is 0 Å². The van der Waals surface area contributed by atoms with Gasteiger partial charge in [0, 0.05) is 40.5 Å². The summed E-state index contributed by atoms with van der Waals surface area (Å²) in [5.74, 6) is 1.32. The highest BCUT2D eigenvalue weighted by Crippen LogP contribution is 2.17. The number of carbonyl (C=O) groups is 2. The average Bonchev–Trinajstić information content (AvgIpc) is 2.59. The fourth-order valence-electron chi connectivity index (χ4n) is 2.09. The summed E-state index contributed by atoms with van der Waals surface area (Å²) in [4.78, 5) is 22.3. The van der Waals surface area contributed by atoms with E-state index < -0.39 is 17.1 Å². The molecule has 22 heavy (non-hydrogen) atoms. The van der Waals surface area contributed by atoms with Crippen molar-refractivity contribution < 1.29 is 27.3 Å². The molecule has 0 atom stereocenters. The maximum absolute atomic E-state index is 11.1. The second-order valence-corrected chi connectivity index (χ2v) is 10.9. The third-order valence-corrected chi connectivity index (χ3v) is 8.86. The lowest BCUT2D eigenvalue weighted by atomic mass is 10.2. The van der Waals surface area contributed by atoms with Crippen molar-refractivity contribution in [2.24, 2.45) is 0 Å². The van der Waals surface area contributed by atoms with Crippen molar-refractivity contribution in [2.45, 2.75) is 12.1 Å². The minimum atomic E-state index is -2.97. The molecule has 0 saturated carbocycles. The highest BCUT2D eigenvalue weighted by molar-refractivity contribution is 7.13. The lowest BCUT2D eigenvalue weighted by molar-refractivity contribution is 0.122. The zero-order valence-corrected chi connectivity index (χ0v) is 15.3. The van der Waals surface area contributed by atoms with Gasteiger partial charge >= 0.3 is 17.1 Å². The van der Waals surface area contributed by atoms with Crippen molar-refractivity contribution in [1.29, 1.82) is 0 Å². The second kappa shape index (κ2) is 8.46. The van der Waals surface area contributed by atoms with Gasteiger partial charge in [-0.25, -0.2) is 0 Å². The van der Waals surface area contributed by atoms with Gasteiger partial charge in [0.25, 0.3) is 0 Å². The van der Waals surface area contributed by atoms with E-state index in [1.165, 1.54) is 7.11 Å². The minimum absolute atomic E-state index is 0.332. The summed E-state index contributed by atoms with van der Waals surface area (Å²) in [6.07, 6.45) is 0. The molecule has 0 aliphatic carbocycles. The van der Waals surface area contributed by atoms with Crippen molar-refractivity contribution in [3.8, 4) is 0 Å².